The first-order chi connectivity index (χ1) is 9.76. The molecule has 3 aliphatic rings. The first-order valence-electron chi connectivity index (χ1n) is 7.95. The van der Waals surface area contributed by atoms with Crippen LogP contribution in [0.15, 0.2) is 0 Å². The molecule has 5 nitrogen and oxygen atoms in total. The maximum absolute atomic E-state index is 11.8. The molecule has 1 spiro atoms. The van der Waals surface area contributed by atoms with Gasteiger partial charge < -0.3 is 19.5 Å². The molecule has 1 heterocycles. The van der Waals surface area contributed by atoms with Gasteiger partial charge in [-0.25, -0.2) is 0 Å². The van der Waals surface area contributed by atoms with Crippen molar-refractivity contribution in [3.05, 3.63) is 0 Å². The van der Waals surface area contributed by atoms with Crippen LogP contribution in [0.1, 0.15) is 51.4 Å². The maximum Gasteiger partial charge on any atom is 0.246 e. The number of amides is 1. The Balaban J connectivity index is 1.34. The summed E-state index contributed by atoms with van der Waals surface area (Å²) in [6.45, 7) is 1.60. The average Bonchev–Trinajstić information content (AvgIpc) is 3.11. The lowest BCUT2D eigenvalue weighted by molar-refractivity contribution is -0.191. The minimum atomic E-state index is -0.341. The molecule has 2 saturated carbocycles. The van der Waals surface area contributed by atoms with Gasteiger partial charge in [0.1, 0.15) is 6.61 Å². The van der Waals surface area contributed by atoms with Crippen LogP contribution in [0.3, 0.4) is 0 Å². The third kappa shape index (κ3) is 3.51. The molecule has 2 aliphatic carbocycles. The minimum Gasteiger partial charge on any atom is -0.368 e. The lowest BCUT2D eigenvalue weighted by atomic mass is 9.92. The summed E-state index contributed by atoms with van der Waals surface area (Å²) in [6, 6.07) is 0.376. The van der Waals surface area contributed by atoms with Gasteiger partial charge in [0.25, 0.3) is 0 Å². The zero-order valence-electron chi connectivity index (χ0n) is 12.1. The van der Waals surface area contributed by atoms with Gasteiger partial charge in [-0.15, -0.1) is 0 Å². The molecular weight excluding hydrogens is 258 g/mol. The molecule has 5 heteroatoms. The van der Waals surface area contributed by atoms with Crippen molar-refractivity contribution in [3.63, 3.8) is 0 Å². The zero-order chi connectivity index (χ0) is 13.8. The molecule has 0 radical (unpaired) electrons. The Hall–Kier alpha value is -0.650. The molecule has 1 aliphatic heterocycles. The van der Waals surface area contributed by atoms with Crippen molar-refractivity contribution in [2.75, 3.05) is 19.8 Å². The molecule has 0 aromatic carbocycles. The molecule has 1 saturated heterocycles. The van der Waals surface area contributed by atoms with Gasteiger partial charge in [0.2, 0.25) is 5.91 Å². The molecule has 114 valence electrons. The van der Waals surface area contributed by atoms with E-state index >= 15 is 0 Å². The normalized spacial score (nSPS) is 27.2. The van der Waals surface area contributed by atoms with Gasteiger partial charge in [-0.05, 0) is 25.7 Å². The number of nitrogens with one attached hydrogen (secondary N) is 1. The number of rotatable bonds is 4. The van der Waals surface area contributed by atoms with Crippen LogP contribution in [0.25, 0.3) is 0 Å². The third-order valence-corrected chi connectivity index (χ3v) is 4.68. The van der Waals surface area contributed by atoms with E-state index in [-0.39, 0.29) is 24.4 Å². The van der Waals surface area contributed by atoms with Crippen LogP contribution in [0, 0.1) is 0 Å². The Morgan fingerprint density at radius 2 is 1.75 bits per heavy atom. The SMILES string of the molecule is O=C(COC1CCC2(CC1)OCCO2)NC1CCCC1. The van der Waals surface area contributed by atoms with Gasteiger partial charge in [0.15, 0.2) is 5.79 Å². The largest absolute Gasteiger partial charge is 0.368 e. The predicted octanol–water partition coefficient (Wildman–Crippen LogP) is 1.75. The first-order valence-corrected chi connectivity index (χ1v) is 7.95. The van der Waals surface area contributed by atoms with E-state index in [9.17, 15) is 4.79 Å². The summed E-state index contributed by atoms with van der Waals surface area (Å²) < 4.78 is 17.1. The summed E-state index contributed by atoms with van der Waals surface area (Å²) in [6.07, 6.45) is 8.45. The first kappa shape index (κ1) is 14.3. The Bertz CT molecular complexity index is 325. The van der Waals surface area contributed by atoms with E-state index in [2.05, 4.69) is 5.32 Å². The molecule has 0 aromatic heterocycles. The zero-order valence-corrected chi connectivity index (χ0v) is 12.1. The maximum atomic E-state index is 11.8. The molecule has 3 fully saturated rings. The monoisotopic (exact) mass is 283 g/mol. The van der Waals surface area contributed by atoms with Crippen LogP contribution in [0.5, 0.6) is 0 Å². The number of carbonyl (C=O) groups excluding carboxylic acids is 1. The van der Waals surface area contributed by atoms with Crippen molar-refractivity contribution in [2.24, 2.45) is 0 Å². The van der Waals surface area contributed by atoms with Crippen LogP contribution in [-0.4, -0.2) is 43.7 Å². The van der Waals surface area contributed by atoms with E-state index < -0.39 is 0 Å². The average molecular weight is 283 g/mol. The topological polar surface area (TPSA) is 56.8 Å². The summed E-state index contributed by atoms with van der Waals surface area (Å²) in [5.74, 6) is -0.308. The Morgan fingerprint density at radius 1 is 1.10 bits per heavy atom. The summed E-state index contributed by atoms with van der Waals surface area (Å²) in [5.41, 5.74) is 0. The van der Waals surface area contributed by atoms with Gasteiger partial charge >= 0.3 is 0 Å². The van der Waals surface area contributed by atoms with E-state index in [1.807, 2.05) is 0 Å². The summed E-state index contributed by atoms with van der Waals surface area (Å²) in [5, 5.41) is 3.05. The van der Waals surface area contributed by atoms with Crippen molar-refractivity contribution < 1.29 is 19.0 Å². The highest BCUT2D eigenvalue weighted by Gasteiger charge is 2.40. The third-order valence-electron chi connectivity index (χ3n) is 4.68. The minimum absolute atomic E-state index is 0.0329. The molecule has 20 heavy (non-hydrogen) atoms. The summed E-state index contributed by atoms with van der Waals surface area (Å²) in [7, 11) is 0. The van der Waals surface area contributed by atoms with Gasteiger partial charge in [-0.2, -0.15) is 0 Å². The van der Waals surface area contributed by atoms with E-state index in [1.54, 1.807) is 0 Å². The Morgan fingerprint density at radius 3 is 2.40 bits per heavy atom. The van der Waals surface area contributed by atoms with Gasteiger partial charge in [-0.3, -0.25) is 4.79 Å². The second-order valence-electron chi connectivity index (χ2n) is 6.17. The predicted molar refractivity (Wildman–Crippen MR) is 73.2 cm³/mol. The fourth-order valence-electron chi connectivity index (χ4n) is 3.52. The Kier molecular flexibility index (Phi) is 4.58. The van der Waals surface area contributed by atoms with E-state index in [0.29, 0.717) is 19.3 Å². The smallest absolute Gasteiger partial charge is 0.246 e. The highest BCUT2D eigenvalue weighted by Crippen LogP contribution is 2.36. The number of hydrogen-bond acceptors (Lipinski definition) is 4. The molecule has 0 unspecified atom stereocenters. The quantitative estimate of drug-likeness (QED) is 0.854. The van der Waals surface area contributed by atoms with E-state index in [4.69, 9.17) is 14.2 Å². The molecular formula is C15H25NO4. The van der Waals surface area contributed by atoms with Crippen molar-refractivity contribution >= 4 is 5.91 Å². The van der Waals surface area contributed by atoms with Crippen LogP contribution >= 0.6 is 0 Å². The summed E-state index contributed by atoms with van der Waals surface area (Å²) in [4.78, 5) is 11.8. The molecule has 0 bridgehead atoms. The molecule has 0 aromatic rings. The lowest BCUT2D eigenvalue weighted by Crippen LogP contribution is -2.40. The number of carbonyl (C=O) groups is 1. The van der Waals surface area contributed by atoms with Gasteiger partial charge in [-0.1, -0.05) is 12.8 Å². The second kappa shape index (κ2) is 6.41. The van der Waals surface area contributed by atoms with Gasteiger partial charge in [0.05, 0.1) is 19.3 Å². The molecule has 3 rings (SSSR count). The van der Waals surface area contributed by atoms with Crippen LogP contribution in [-0.2, 0) is 19.0 Å². The fourth-order valence-corrected chi connectivity index (χ4v) is 3.52. The van der Waals surface area contributed by atoms with Crippen LogP contribution in [0.2, 0.25) is 0 Å². The van der Waals surface area contributed by atoms with Crippen molar-refractivity contribution in [2.45, 2.75) is 69.3 Å². The molecule has 1 amide bonds. The number of hydrogen-bond donors (Lipinski definition) is 1. The molecule has 1 N–H and O–H groups in total. The van der Waals surface area contributed by atoms with Gasteiger partial charge in [0, 0.05) is 18.9 Å². The molecule has 0 atom stereocenters. The Labute approximate surface area is 120 Å². The lowest BCUT2D eigenvalue weighted by Gasteiger charge is -2.35. The fraction of sp³-hybridized carbons (Fsp3) is 0.933. The highest BCUT2D eigenvalue weighted by atomic mass is 16.7. The van der Waals surface area contributed by atoms with Crippen molar-refractivity contribution in [1.29, 1.82) is 0 Å². The van der Waals surface area contributed by atoms with E-state index in [0.717, 1.165) is 38.5 Å². The number of ether oxygens (including phenoxy) is 3. The summed E-state index contributed by atoms with van der Waals surface area (Å²) >= 11 is 0. The second-order valence-corrected chi connectivity index (χ2v) is 6.17. The van der Waals surface area contributed by atoms with Crippen LogP contribution in [0.4, 0.5) is 0 Å². The standard InChI is InChI=1S/C15H25NO4/c17-14(16-12-3-1-2-4-12)11-18-13-5-7-15(8-6-13)19-9-10-20-15/h12-13H,1-11H2,(H,16,17). The van der Waals surface area contributed by atoms with Crippen molar-refractivity contribution in [3.8, 4) is 0 Å². The van der Waals surface area contributed by atoms with Crippen LogP contribution < -0.4 is 5.32 Å². The van der Waals surface area contributed by atoms with Crippen molar-refractivity contribution in [1.82, 2.24) is 5.32 Å². The van der Waals surface area contributed by atoms with E-state index in [1.165, 1.54) is 12.8 Å². The highest BCUT2D eigenvalue weighted by molar-refractivity contribution is 5.77.